The molecule has 2 aromatic heterocycles. The lowest BCUT2D eigenvalue weighted by Gasteiger charge is -2.17. The number of amides is 1. The van der Waals surface area contributed by atoms with Gasteiger partial charge in [0, 0.05) is 18.7 Å². The summed E-state index contributed by atoms with van der Waals surface area (Å²) in [6.07, 6.45) is 2.11. The van der Waals surface area contributed by atoms with E-state index in [-0.39, 0.29) is 11.7 Å². The average Bonchev–Trinajstić information content (AvgIpc) is 3.26. The molecular weight excluding hydrogens is 391 g/mol. The number of benzene rings is 1. The zero-order chi connectivity index (χ0) is 16.7. The van der Waals surface area contributed by atoms with Crippen LogP contribution in [-0.4, -0.2) is 28.5 Å². The fourth-order valence-electron chi connectivity index (χ4n) is 3.24. The summed E-state index contributed by atoms with van der Waals surface area (Å²) in [7, 11) is 0. The summed E-state index contributed by atoms with van der Waals surface area (Å²) in [5.41, 5.74) is 2.21. The van der Waals surface area contributed by atoms with Gasteiger partial charge >= 0.3 is 0 Å². The smallest absolute Gasteiger partial charge is 0.270 e. The fraction of sp³-hybridized carbons (Fsp3) is 0.278. The van der Waals surface area contributed by atoms with Crippen molar-refractivity contribution in [2.24, 2.45) is 0 Å². The summed E-state index contributed by atoms with van der Waals surface area (Å²) in [5, 5.41) is 0. The Labute approximate surface area is 151 Å². The second-order valence-corrected chi connectivity index (χ2v) is 8.47. The Morgan fingerprint density at radius 3 is 2.71 bits per heavy atom. The minimum Gasteiger partial charge on any atom is -0.337 e. The van der Waals surface area contributed by atoms with Gasteiger partial charge in [0.1, 0.15) is 11.5 Å². The summed E-state index contributed by atoms with van der Waals surface area (Å²) in [6.45, 7) is 1.97. The van der Waals surface area contributed by atoms with E-state index in [9.17, 15) is 9.18 Å². The maximum absolute atomic E-state index is 14.1. The van der Waals surface area contributed by atoms with Gasteiger partial charge in [-0.25, -0.2) is 4.39 Å². The summed E-state index contributed by atoms with van der Waals surface area (Å²) < 4.78 is 18.1. The molecule has 1 fully saturated rings. The molecule has 4 rings (SSSR count). The van der Waals surface area contributed by atoms with Crippen molar-refractivity contribution in [2.45, 2.75) is 19.4 Å². The molecule has 0 saturated carbocycles. The molecule has 1 aromatic carbocycles. The van der Waals surface area contributed by atoms with E-state index >= 15 is 0 Å². The molecule has 0 radical (unpaired) electrons. The molecule has 1 saturated heterocycles. The molecular formula is C18H16BrFN2OS. The number of thiophene rings is 1. The zero-order valence-electron chi connectivity index (χ0n) is 13.0. The summed E-state index contributed by atoms with van der Waals surface area (Å²) >= 11 is 5.09. The zero-order valence-corrected chi connectivity index (χ0v) is 15.4. The molecule has 24 heavy (non-hydrogen) atoms. The molecule has 1 aliphatic heterocycles. The lowest BCUT2D eigenvalue weighted by Crippen LogP contribution is -2.29. The van der Waals surface area contributed by atoms with E-state index in [0.717, 1.165) is 39.9 Å². The highest BCUT2D eigenvalue weighted by molar-refractivity contribution is 9.11. The van der Waals surface area contributed by atoms with Gasteiger partial charge in [-0.2, -0.15) is 0 Å². The van der Waals surface area contributed by atoms with Crippen LogP contribution in [0.3, 0.4) is 0 Å². The fourth-order valence-corrected chi connectivity index (χ4v) is 4.80. The van der Waals surface area contributed by atoms with E-state index in [2.05, 4.69) is 15.9 Å². The van der Waals surface area contributed by atoms with Crippen LogP contribution in [0.1, 0.15) is 28.9 Å². The first kappa shape index (κ1) is 15.8. The summed E-state index contributed by atoms with van der Waals surface area (Å²) in [6, 6.07) is 10.7. The van der Waals surface area contributed by atoms with Gasteiger partial charge in [-0.3, -0.25) is 4.79 Å². The molecule has 124 valence electrons. The number of likely N-dealkylation sites (tertiary alicyclic amines) is 1. The van der Waals surface area contributed by atoms with Crippen molar-refractivity contribution < 1.29 is 9.18 Å². The molecule has 0 aliphatic carbocycles. The SMILES string of the molecule is O=C(c1cc2sc(Br)cc2n1Cc1ccccc1F)N1CCCC1. The molecule has 3 heterocycles. The molecule has 1 amide bonds. The first-order valence-electron chi connectivity index (χ1n) is 7.95. The molecule has 0 unspecified atom stereocenters. The Balaban J connectivity index is 1.80. The van der Waals surface area contributed by atoms with Crippen LogP contribution >= 0.6 is 27.3 Å². The maximum atomic E-state index is 14.1. The highest BCUT2D eigenvalue weighted by Gasteiger charge is 2.25. The second kappa shape index (κ2) is 6.33. The van der Waals surface area contributed by atoms with Crippen molar-refractivity contribution in [2.75, 3.05) is 13.1 Å². The standard InChI is InChI=1S/C18H16BrFN2OS/c19-17-10-14-16(24-17)9-15(18(23)21-7-3-4-8-21)22(14)11-12-5-1-2-6-13(12)20/h1-2,5-6,9-10H,3-4,7-8,11H2. The van der Waals surface area contributed by atoms with Crippen molar-refractivity contribution in [3.63, 3.8) is 0 Å². The van der Waals surface area contributed by atoms with Gasteiger partial charge in [0.05, 0.1) is 20.5 Å². The predicted molar refractivity (Wildman–Crippen MR) is 98.2 cm³/mol. The van der Waals surface area contributed by atoms with Crippen LogP contribution in [0, 0.1) is 5.82 Å². The minimum atomic E-state index is -0.242. The highest BCUT2D eigenvalue weighted by atomic mass is 79.9. The van der Waals surface area contributed by atoms with Gasteiger partial charge in [0.25, 0.3) is 5.91 Å². The van der Waals surface area contributed by atoms with Gasteiger partial charge < -0.3 is 9.47 Å². The molecule has 0 spiro atoms. The van der Waals surface area contributed by atoms with Crippen molar-refractivity contribution in [3.8, 4) is 0 Å². The maximum Gasteiger partial charge on any atom is 0.270 e. The Hall–Kier alpha value is -1.66. The Bertz CT molecular complexity index is 911. The van der Waals surface area contributed by atoms with E-state index in [1.54, 1.807) is 23.5 Å². The minimum absolute atomic E-state index is 0.0448. The number of carbonyl (C=O) groups excluding carboxylic acids is 1. The Kier molecular flexibility index (Phi) is 4.18. The molecule has 3 nitrogen and oxygen atoms in total. The number of rotatable bonds is 3. The number of carbonyl (C=O) groups is 1. The van der Waals surface area contributed by atoms with Crippen molar-refractivity contribution in [1.82, 2.24) is 9.47 Å². The van der Waals surface area contributed by atoms with Crippen LogP contribution in [-0.2, 0) is 6.54 Å². The topological polar surface area (TPSA) is 25.2 Å². The number of hydrogen-bond acceptors (Lipinski definition) is 2. The number of fused-ring (bicyclic) bond motifs is 1. The normalized spacial score (nSPS) is 14.7. The monoisotopic (exact) mass is 406 g/mol. The molecule has 3 aromatic rings. The van der Waals surface area contributed by atoms with E-state index in [1.165, 1.54) is 6.07 Å². The van der Waals surface area contributed by atoms with Crippen LogP contribution in [0.25, 0.3) is 10.2 Å². The van der Waals surface area contributed by atoms with Crippen LogP contribution in [0.2, 0.25) is 0 Å². The van der Waals surface area contributed by atoms with Crippen LogP contribution in [0.15, 0.2) is 40.2 Å². The van der Waals surface area contributed by atoms with E-state index in [4.69, 9.17) is 0 Å². The second-order valence-electron chi connectivity index (χ2n) is 6.01. The number of nitrogens with zero attached hydrogens (tertiary/aromatic N) is 2. The number of halogens is 2. The first-order chi connectivity index (χ1) is 11.6. The van der Waals surface area contributed by atoms with E-state index < -0.39 is 0 Å². The Morgan fingerprint density at radius 2 is 1.96 bits per heavy atom. The highest BCUT2D eigenvalue weighted by Crippen LogP contribution is 2.33. The summed E-state index contributed by atoms with van der Waals surface area (Å²) in [5.74, 6) is -0.198. The third kappa shape index (κ3) is 2.78. The number of hydrogen-bond donors (Lipinski definition) is 0. The predicted octanol–water partition coefficient (Wildman–Crippen LogP) is 4.89. The van der Waals surface area contributed by atoms with E-state index in [1.807, 2.05) is 27.7 Å². The van der Waals surface area contributed by atoms with Crippen molar-refractivity contribution >= 4 is 43.4 Å². The van der Waals surface area contributed by atoms with Gasteiger partial charge in [-0.1, -0.05) is 18.2 Å². The lowest BCUT2D eigenvalue weighted by atomic mass is 10.2. The number of aromatic nitrogens is 1. The third-order valence-corrected chi connectivity index (χ3v) is 6.03. The quantitative estimate of drug-likeness (QED) is 0.607. The molecule has 0 N–H and O–H groups in total. The average molecular weight is 407 g/mol. The van der Waals surface area contributed by atoms with Gasteiger partial charge in [0.15, 0.2) is 0 Å². The van der Waals surface area contributed by atoms with Gasteiger partial charge in [-0.05, 0) is 47.0 Å². The lowest BCUT2D eigenvalue weighted by molar-refractivity contribution is 0.0783. The molecule has 0 atom stereocenters. The molecule has 1 aliphatic rings. The van der Waals surface area contributed by atoms with Crippen LogP contribution in [0.5, 0.6) is 0 Å². The first-order valence-corrected chi connectivity index (χ1v) is 9.55. The van der Waals surface area contributed by atoms with Gasteiger partial charge in [0.2, 0.25) is 0 Å². The van der Waals surface area contributed by atoms with Crippen molar-refractivity contribution in [1.29, 1.82) is 0 Å². The summed E-state index contributed by atoms with van der Waals surface area (Å²) in [4.78, 5) is 14.8. The largest absolute Gasteiger partial charge is 0.337 e. The van der Waals surface area contributed by atoms with Crippen LogP contribution < -0.4 is 0 Å². The van der Waals surface area contributed by atoms with Gasteiger partial charge in [-0.15, -0.1) is 11.3 Å². The van der Waals surface area contributed by atoms with Crippen molar-refractivity contribution in [3.05, 3.63) is 57.3 Å². The van der Waals surface area contributed by atoms with E-state index in [0.29, 0.717) is 17.8 Å². The van der Waals surface area contributed by atoms with Crippen LogP contribution in [0.4, 0.5) is 4.39 Å². The molecule has 0 bridgehead atoms. The molecule has 6 heteroatoms. The third-order valence-electron chi connectivity index (χ3n) is 4.46. The Morgan fingerprint density at radius 1 is 1.21 bits per heavy atom.